The molecule has 0 radical (unpaired) electrons. The van der Waals surface area contributed by atoms with Crippen molar-refractivity contribution in [2.45, 2.75) is 66.0 Å². The molecule has 0 bridgehead atoms. The number of imidazole rings is 1. The number of hydrogen-bond donors (Lipinski definition) is 0. The van der Waals surface area contributed by atoms with E-state index in [0.717, 1.165) is 22.5 Å². The third kappa shape index (κ3) is 4.94. The van der Waals surface area contributed by atoms with Crippen molar-refractivity contribution in [2.75, 3.05) is 19.6 Å². The Kier molecular flexibility index (Phi) is 6.82. The van der Waals surface area contributed by atoms with E-state index in [-0.39, 0.29) is 24.0 Å². The highest BCUT2D eigenvalue weighted by molar-refractivity contribution is 6.01. The van der Waals surface area contributed by atoms with Crippen LogP contribution in [0.15, 0.2) is 36.7 Å². The summed E-state index contributed by atoms with van der Waals surface area (Å²) in [5.41, 5.74) is 4.00. The first-order valence-electron chi connectivity index (χ1n) is 12.5. The Bertz CT molecular complexity index is 1300. The summed E-state index contributed by atoms with van der Waals surface area (Å²) in [6, 6.07) is 8.46. The van der Waals surface area contributed by atoms with Crippen molar-refractivity contribution in [3.8, 4) is 11.3 Å². The summed E-state index contributed by atoms with van der Waals surface area (Å²) >= 11 is 0. The monoisotopic (exact) mass is 494 g/mol. The maximum atomic E-state index is 14.4. The van der Waals surface area contributed by atoms with Crippen molar-refractivity contribution >= 4 is 17.5 Å². The number of benzene rings is 1. The number of aromatic nitrogens is 2. The highest BCUT2D eigenvalue weighted by Gasteiger charge is 2.35. The minimum Gasteiger partial charge on any atom is -0.444 e. The molecule has 0 unspecified atom stereocenters. The van der Waals surface area contributed by atoms with Crippen LogP contribution in [0.4, 0.5) is 9.18 Å². The number of pyridine rings is 1. The molecule has 1 aliphatic rings. The van der Waals surface area contributed by atoms with Crippen LogP contribution in [-0.4, -0.2) is 62.5 Å². The van der Waals surface area contributed by atoms with Crippen LogP contribution >= 0.6 is 0 Å². The van der Waals surface area contributed by atoms with Crippen molar-refractivity contribution in [2.24, 2.45) is 0 Å². The summed E-state index contributed by atoms with van der Waals surface area (Å²) in [5.74, 6) is -0.543. The number of carbonyl (C=O) groups is 2. The zero-order chi connectivity index (χ0) is 26.4. The van der Waals surface area contributed by atoms with Gasteiger partial charge in [0.15, 0.2) is 0 Å². The number of halogens is 1. The van der Waals surface area contributed by atoms with Gasteiger partial charge >= 0.3 is 6.09 Å². The number of nitrogens with zero attached hydrogens (tertiary/aromatic N) is 4. The minimum atomic E-state index is -0.545. The normalized spacial score (nSPS) is 14.3. The molecule has 0 N–H and O–H groups in total. The number of ether oxygens (including phenoxy) is 1. The Morgan fingerprint density at radius 2 is 1.89 bits per heavy atom. The van der Waals surface area contributed by atoms with Crippen LogP contribution in [0.3, 0.4) is 0 Å². The Morgan fingerprint density at radius 1 is 1.19 bits per heavy atom. The van der Waals surface area contributed by atoms with Gasteiger partial charge in [-0.2, -0.15) is 0 Å². The average Bonchev–Trinajstić information content (AvgIpc) is 3.12. The molecule has 0 atom stereocenters. The molecule has 0 spiro atoms. The van der Waals surface area contributed by atoms with Crippen LogP contribution in [0, 0.1) is 12.7 Å². The van der Waals surface area contributed by atoms with E-state index in [1.807, 2.05) is 58.9 Å². The lowest BCUT2D eigenvalue weighted by Crippen LogP contribution is -2.50. The molecule has 8 heteroatoms. The molecule has 0 saturated carbocycles. The summed E-state index contributed by atoms with van der Waals surface area (Å²) in [6.45, 7) is 14.9. The third-order valence-electron chi connectivity index (χ3n) is 6.58. The van der Waals surface area contributed by atoms with Gasteiger partial charge in [0.25, 0.3) is 5.91 Å². The van der Waals surface area contributed by atoms with Crippen LogP contribution in [-0.2, 0) is 4.74 Å². The highest BCUT2D eigenvalue weighted by atomic mass is 19.1. The number of amides is 2. The molecular formula is C28H35FN4O3. The van der Waals surface area contributed by atoms with Gasteiger partial charge in [0.2, 0.25) is 0 Å². The predicted octanol–water partition coefficient (Wildman–Crippen LogP) is 5.65. The summed E-state index contributed by atoms with van der Waals surface area (Å²) in [7, 11) is 0. The van der Waals surface area contributed by atoms with Crippen LogP contribution in [0.1, 0.15) is 69.1 Å². The van der Waals surface area contributed by atoms with Gasteiger partial charge in [0, 0.05) is 37.2 Å². The molecule has 3 heterocycles. The molecule has 2 amide bonds. The zero-order valence-electron chi connectivity index (χ0n) is 22.1. The van der Waals surface area contributed by atoms with Crippen LogP contribution in [0.25, 0.3) is 16.8 Å². The van der Waals surface area contributed by atoms with E-state index in [0.29, 0.717) is 30.8 Å². The molecule has 3 aromatic rings. The molecule has 36 heavy (non-hydrogen) atoms. The molecule has 0 aliphatic carbocycles. The summed E-state index contributed by atoms with van der Waals surface area (Å²) < 4.78 is 21.8. The second-order valence-electron chi connectivity index (χ2n) is 10.7. The molecule has 1 aliphatic heterocycles. The van der Waals surface area contributed by atoms with Crippen LogP contribution in [0.2, 0.25) is 0 Å². The SMILES string of the molecule is CCN(C(=O)c1cc(F)ccc1-c1cc(C2CN(C(=O)OC(C)(C)C)C2)cc2c(C)ncn12)C(C)C. The number of carbonyl (C=O) groups excluding carboxylic acids is 2. The standard InChI is InChI=1S/C28H35FN4O3/c1-8-32(17(2)3)26(34)23-13-21(29)9-10-22(23)25-12-19(11-24-18(4)30-16-33(24)25)20-14-31(15-20)27(35)36-28(5,6)7/h9-13,16-17,20H,8,14-15H2,1-7H3. The topological polar surface area (TPSA) is 67.2 Å². The fourth-order valence-corrected chi connectivity index (χ4v) is 4.66. The van der Waals surface area contributed by atoms with Gasteiger partial charge in [-0.05, 0) is 84.4 Å². The van der Waals surface area contributed by atoms with Crippen molar-refractivity contribution in [3.05, 3.63) is 59.3 Å². The lowest BCUT2D eigenvalue weighted by Gasteiger charge is -2.40. The fourth-order valence-electron chi connectivity index (χ4n) is 4.66. The van der Waals surface area contributed by atoms with E-state index in [4.69, 9.17) is 4.74 Å². The second-order valence-corrected chi connectivity index (χ2v) is 10.7. The predicted molar refractivity (Wildman–Crippen MR) is 138 cm³/mol. The number of likely N-dealkylation sites (tertiary alicyclic amines) is 1. The Morgan fingerprint density at radius 3 is 2.50 bits per heavy atom. The lowest BCUT2D eigenvalue weighted by molar-refractivity contribution is 0.00819. The zero-order valence-corrected chi connectivity index (χ0v) is 22.1. The Balaban J connectivity index is 1.75. The van der Waals surface area contributed by atoms with Gasteiger partial charge in [-0.25, -0.2) is 14.2 Å². The number of aryl methyl sites for hydroxylation is 1. The average molecular weight is 495 g/mol. The smallest absolute Gasteiger partial charge is 0.410 e. The van der Waals surface area contributed by atoms with Gasteiger partial charge in [-0.15, -0.1) is 0 Å². The van der Waals surface area contributed by atoms with E-state index < -0.39 is 11.4 Å². The third-order valence-corrected chi connectivity index (χ3v) is 6.58. The first-order valence-corrected chi connectivity index (χ1v) is 12.5. The number of fused-ring (bicyclic) bond motifs is 1. The molecule has 1 aromatic carbocycles. The Hall–Kier alpha value is -3.42. The first kappa shape index (κ1) is 25.7. The molecule has 1 saturated heterocycles. The fraction of sp³-hybridized carbons (Fsp3) is 0.464. The van der Waals surface area contributed by atoms with Gasteiger partial charge in [-0.1, -0.05) is 0 Å². The van der Waals surface area contributed by atoms with Crippen LogP contribution in [0.5, 0.6) is 0 Å². The summed E-state index contributed by atoms with van der Waals surface area (Å²) in [5, 5.41) is 0. The minimum absolute atomic E-state index is 0.0192. The van der Waals surface area contributed by atoms with Gasteiger partial charge in [-0.3, -0.25) is 9.20 Å². The number of hydrogen-bond acceptors (Lipinski definition) is 4. The maximum absolute atomic E-state index is 14.4. The summed E-state index contributed by atoms with van der Waals surface area (Å²) in [4.78, 5) is 33.8. The molecule has 7 nitrogen and oxygen atoms in total. The highest BCUT2D eigenvalue weighted by Crippen LogP contribution is 2.35. The Labute approximate surface area is 211 Å². The van der Waals surface area contributed by atoms with Crippen molar-refractivity contribution in [1.29, 1.82) is 0 Å². The van der Waals surface area contributed by atoms with E-state index in [1.165, 1.54) is 12.1 Å². The maximum Gasteiger partial charge on any atom is 0.410 e. The van der Waals surface area contributed by atoms with Crippen molar-refractivity contribution < 1.29 is 18.7 Å². The summed E-state index contributed by atoms with van der Waals surface area (Å²) in [6.07, 6.45) is 1.41. The van der Waals surface area contributed by atoms with E-state index >= 15 is 0 Å². The van der Waals surface area contributed by atoms with Crippen LogP contribution < -0.4 is 0 Å². The second kappa shape index (κ2) is 9.56. The quantitative estimate of drug-likeness (QED) is 0.459. The molecule has 192 valence electrons. The van der Waals surface area contributed by atoms with E-state index in [1.54, 1.807) is 22.2 Å². The molecular weight excluding hydrogens is 459 g/mol. The molecule has 4 rings (SSSR count). The molecule has 1 fully saturated rings. The molecule has 2 aromatic heterocycles. The van der Waals surface area contributed by atoms with Crippen molar-refractivity contribution in [3.63, 3.8) is 0 Å². The lowest BCUT2D eigenvalue weighted by atomic mass is 9.90. The van der Waals surface area contributed by atoms with Crippen molar-refractivity contribution in [1.82, 2.24) is 19.2 Å². The number of rotatable bonds is 5. The van der Waals surface area contributed by atoms with E-state index in [2.05, 4.69) is 11.1 Å². The largest absolute Gasteiger partial charge is 0.444 e. The van der Waals surface area contributed by atoms with Gasteiger partial charge < -0.3 is 14.5 Å². The van der Waals surface area contributed by atoms with Gasteiger partial charge in [0.05, 0.1) is 28.8 Å². The van der Waals surface area contributed by atoms with E-state index in [9.17, 15) is 14.0 Å². The van der Waals surface area contributed by atoms with Gasteiger partial charge in [0.1, 0.15) is 11.4 Å². The first-order chi connectivity index (χ1) is 16.9.